The van der Waals surface area contributed by atoms with Gasteiger partial charge in [0.15, 0.2) is 0 Å². The van der Waals surface area contributed by atoms with E-state index in [-0.39, 0.29) is 21.1 Å². The van der Waals surface area contributed by atoms with Gasteiger partial charge < -0.3 is 15.0 Å². The summed E-state index contributed by atoms with van der Waals surface area (Å²) >= 11 is 0. The van der Waals surface area contributed by atoms with Crippen molar-refractivity contribution in [2.45, 2.75) is 6.42 Å². The van der Waals surface area contributed by atoms with Crippen LogP contribution in [0.15, 0.2) is 121 Å². The molecule has 4 aromatic rings. The van der Waals surface area contributed by atoms with Crippen molar-refractivity contribution in [2.24, 2.45) is 0 Å². The van der Waals surface area contributed by atoms with Gasteiger partial charge in [0.1, 0.15) is 0 Å². The van der Waals surface area contributed by atoms with Crippen LogP contribution >= 0.6 is 15.8 Å². The molecule has 0 spiro atoms. The van der Waals surface area contributed by atoms with Gasteiger partial charge in [0.2, 0.25) is 0 Å². The van der Waals surface area contributed by atoms with Crippen molar-refractivity contribution in [3.05, 3.63) is 121 Å². The molecule has 0 atom stereocenters. The molecule has 6 heteroatoms. The Hall–Kier alpha value is -2.30. The maximum absolute atomic E-state index is 8.33. The molecular formula is C28H28O3P2Pt+2. The third kappa shape index (κ3) is 9.15. The molecule has 0 aliphatic heterocycles. The zero-order valence-electron chi connectivity index (χ0n) is 18.7. The number of benzene rings is 4. The van der Waals surface area contributed by atoms with Crippen molar-refractivity contribution in [2.75, 3.05) is 12.3 Å². The van der Waals surface area contributed by atoms with Crippen molar-refractivity contribution in [3.63, 3.8) is 0 Å². The van der Waals surface area contributed by atoms with Crippen LogP contribution in [0.25, 0.3) is 0 Å². The molecule has 4 rings (SSSR count). The van der Waals surface area contributed by atoms with Gasteiger partial charge in [0.05, 0.1) is 49.4 Å². The first-order valence-corrected chi connectivity index (χ1v) is 14.4. The summed E-state index contributed by atoms with van der Waals surface area (Å²) in [7, 11) is -1.48. The van der Waals surface area contributed by atoms with Crippen LogP contribution in [0, 0.1) is 0 Å². The number of carbonyl (C=O) groups is 1. The summed E-state index contributed by atoms with van der Waals surface area (Å²) in [5.41, 5.74) is 0. The molecule has 0 aliphatic carbocycles. The Kier molecular flexibility index (Phi) is 12.8. The number of rotatable bonds is 8. The van der Waals surface area contributed by atoms with Gasteiger partial charge in [0.25, 0.3) is 0 Å². The molecule has 0 bridgehead atoms. The van der Waals surface area contributed by atoms with Crippen LogP contribution in [0.4, 0.5) is 4.79 Å². The second-order valence-corrected chi connectivity index (χ2v) is 12.7. The molecule has 0 aliphatic rings. The second-order valence-electron chi connectivity index (χ2n) is 7.52. The quantitative estimate of drug-likeness (QED) is 0.272. The molecule has 0 aromatic heterocycles. The molecule has 0 saturated heterocycles. The minimum Gasteiger partial charge on any atom is -0.652 e. The average Bonchev–Trinajstić information content (AvgIpc) is 2.86. The number of carboxylic acid groups (broad SMARTS) is 2. The van der Waals surface area contributed by atoms with Gasteiger partial charge in [-0.2, -0.15) is 0 Å². The summed E-state index contributed by atoms with van der Waals surface area (Å²) < 4.78 is 0. The van der Waals surface area contributed by atoms with E-state index in [1.165, 1.54) is 40.0 Å². The zero-order valence-corrected chi connectivity index (χ0v) is 23.0. The summed E-state index contributed by atoms with van der Waals surface area (Å²) in [6.45, 7) is 0. The van der Waals surface area contributed by atoms with E-state index in [2.05, 4.69) is 121 Å². The number of carbonyl (C=O) groups excluding carboxylic acids is 1. The van der Waals surface area contributed by atoms with E-state index in [1.807, 2.05) is 0 Å². The first kappa shape index (κ1) is 27.9. The fraction of sp³-hybridized carbons (Fsp3) is 0.107. The summed E-state index contributed by atoms with van der Waals surface area (Å²) in [5, 5.41) is 22.8. The van der Waals surface area contributed by atoms with Gasteiger partial charge in [-0.1, -0.05) is 72.8 Å². The molecule has 34 heavy (non-hydrogen) atoms. The molecule has 0 radical (unpaired) electrons. The van der Waals surface area contributed by atoms with Gasteiger partial charge in [-0.3, -0.25) is 0 Å². The summed E-state index contributed by atoms with van der Waals surface area (Å²) in [6.07, 6.45) is 1.51. The molecule has 0 amide bonds. The van der Waals surface area contributed by atoms with E-state index in [0.717, 1.165) is 0 Å². The normalized spacial score (nSPS) is 10.2. The largest absolute Gasteiger partial charge is 2.00 e. The van der Waals surface area contributed by atoms with E-state index in [4.69, 9.17) is 15.0 Å². The predicted octanol–water partition coefficient (Wildman–Crippen LogP) is 2.66. The Morgan fingerprint density at radius 3 is 0.912 bits per heavy atom. The maximum Gasteiger partial charge on any atom is 2.00 e. The Balaban J connectivity index is 0.000000758. The van der Waals surface area contributed by atoms with Crippen molar-refractivity contribution >= 4 is 43.2 Å². The van der Waals surface area contributed by atoms with Crippen LogP contribution in [0.1, 0.15) is 6.42 Å². The molecule has 0 unspecified atom stereocenters. The Morgan fingerprint density at radius 1 is 0.500 bits per heavy atom. The minimum absolute atomic E-state index is 0. The average molecular weight is 670 g/mol. The van der Waals surface area contributed by atoms with Crippen LogP contribution in [0.2, 0.25) is 0 Å². The molecule has 3 nitrogen and oxygen atoms in total. The molecule has 0 fully saturated rings. The van der Waals surface area contributed by atoms with Gasteiger partial charge in [-0.15, -0.1) is 0 Å². The van der Waals surface area contributed by atoms with E-state index in [0.29, 0.717) is 0 Å². The molecular weight excluding hydrogens is 641 g/mol. The molecule has 0 saturated carbocycles. The fourth-order valence-corrected chi connectivity index (χ4v) is 9.52. The van der Waals surface area contributed by atoms with Crippen LogP contribution in [0.5, 0.6) is 0 Å². The van der Waals surface area contributed by atoms with Crippen LogP contribution < -0.4 is 31.4 Å². The Labute approximate surface area is 218 Å². The summed E-state index contributed by atoms with van der Waals surface area (Å²) in [6, 6.07) is 44.6. The monoisotopic (exact) mass is 669 g/mol. The van der Waals surface area contributed by atoms with Crippen LogP contribution in [-0.4, -0.2) is 18.5 Å². The first-order chi connectivity index (χ1) is 16.1. The first-order valence-electron chi connectivity index (χ1n) is 11.0. The zero-order chi connectivity index (χ0) is 23.3. The van der Waals surface area contributed by atoms with Crippen molar-refractivity contribution in [1.82, 2.24) is 0 Å². The Morgan fingerprint density at radius 2 is 0.706 bits per heavy atom. The molecule has 4 aromatic carbocycles. The third-order valence-electron chi connectivity index (χ3n) is 5.34. The fourth-order valence-electron chi connectivity index (χ4n) is 3.91. The molecule has 0 N–H and O–H groups in total. The SMILES string of the molecule is O=C([O-])[O-].[Pt+2].c1ccc([PH+](CCC[PH+](c2ccccc2)c2ccccc2)c2ccccc2)cc1. The third-order valence-corrected chi connectivity index (χ3v) is 11.2. The minimum atomic E-state index is -2.33. The molecule has 0 heterocycles. The maximum atomic E-state index is 8.33. The van der Waals surface area contributed by atoms with Gasteiger partial charge in [0, 0.05) is 6.42 Å². The standard InChI is InChI=1S/C27H26P2.CH2O3.Pt/c1-5-14-24(15-6-1)28(25-16-7-2-8-17-25)22-13-23-29(26-18-9-3-10-19-26)27-20-11-4-12-21-27;2-1(3)4;/h1-12,14-21H,13,22-23H2;(H2,2,3,4);/q;;+2. The summed E-state index contributed by atoms with van der Waals surface area (Å²) in [4.78, 5) is 8.33. The van der Waals surface area contributed by atoms with E-state index in [9.17, 15) is 0 Å². The van der Waals surface area contributed by atoms with E-state index >= 15 is 0 Å². The van der Waals surface area contributed by atoms with Gasteiger partial charge in [-0.25, -0.2) is 0 Å². The van der Waals surface area contributed by atoms with E-state index < -0.39 is 22.0 Å². The van der Waals surface area contributed by atoms with Crippen LogP contribution in [0.3, 0.4) is 0 Å². The second kappa shape index (κ2) is 15.6. The van der Waals surface area contributed by atoms with Crippen molar-refractivity contribution < 1.29 is 36.1 Å². The summed E-state index contributed by atoms with van der Waals surface area (Å²) in [5.74, 6) is 0. The van der Waals surface area contributed by atoms with Gasteiger partial charge in [-0.05, 0) is 54.7 Å². The van der Waals surface area contributed by atoms with Crippen molar-refractivity contribution in [3.8, 4) is 0 Å². The van der Waals surface area contributed by atoms with Gasteiger partial charge >= 0.3 is 21.1 Å². The Bertz CT molecular complexity index is 916. The topological polar surface area (TPSA) is 63.2 Å². The number of hydrogen-bond donors (Lipinski definition) is 0. The van der Waals surface area contributed by atoms with E-state index in [1.54, 1.807) is 0 Å². The molecule has 176 valence electrons. The van der Waals surface area contributed by atoms with Crippen molar-refractivity contribution in [1.29, 1.82) is 0 Å². The number of hydrogen-bond acceptors (Lipinski definition) is 3. The smallest absolute Gasteiger partial charge is 0.652 e. The van der Waals surface area contributed by atoms with Crippen LogP contribution in [-0.2, 0) is 21.1 Å². The predicted molar refractivity (Wildman–Crippen MR) is 141 cm³/mol.